The summed E-state index contributed by atoms with van der Waals surface area (Å²) in [5, 5.41) is 7.18. The number of benzene rings is 2. The van der Waals surface area contributed by atoms with Crippen molar-refractivity contribution < 1.29 is 4.79 Å². The van der Waals surface area contributed by atoms with Crippen LogP contribution in [-0.2, 0) is 11.3 Å². The third-order valence-corrected chi connectivity index (χ3v) is 3.83. The third kappa shape index (κ3) is 4.66. The Labute approximate surface area is 134 Å². The lowest BCUT2D eigenvalue weighted by Gasteiger charge is -2.09. The molecule has 0 aliphatic carbocycles. The second kappa shape index (κ2) is 7.34. The Morgan fingerprint density at radius 1 is 1.10 bits per heavy atom. The molecule has 2 aromatic carbocycles. The predicted molar refractivity (Wildman–Crippen MR) is 88.0 cm³/mol. The molecular formula is C16H16Cl2N2O. The van der Waals surface area contributed by atoms with Crippen LogP contribution in [0.15, 0.2) is 42.5 Å². The van der Waals surface area contributed by atoms with Crippen molar-refractivity contribution in [2.75, 3.05) is 11.9 Å². The molecule has 0 heterocycles. The van der Waals surface area contributed by atoms with E-state index in [4.69, 9.17) is 23.2 Å². The lowest BCUT2D eigenvalue weighted by molar-refractivity contribution is -0.119. The standard InChI is InChI=1S/C16H16Cl2N2O/c1-11-6-7-13(8-15(11)18)19-10-16(21)20-9-12-4-2-3-5-14(12)17/h2-8,19H,9-10H2,1H3,(H,20,21). The highest BCUT2D eigenvalue weighted by Gasteiger charge is 2.04. The fourth-order valence-corrected chi connectivity index (χ4v) is 2.17. The fraction of sp³-hybridized carbons (Fsp3) is 0.188. The van der Waals surface area contributed by atoms with Crippen molar-refractivity contribution in [2.24, 2.45) is 0 Å². The van der Waals surface area contributed by atoms with Gasteiger partial charge in [-0.1, -0.05) is 47.5 Å². The molecule has 2 aromatic rings. The SMILES string of the molecule is Cc1ccc(NCC(=O)NCc2ccccc2Cl)cc1Cl. The molecular weight excluding hydrogens is 307 g/mol. The van der Waals surface area contributed by atoms with E-state index in [0.717, 1.165) is 16.8 Å². The number of carbonyl (C=O) groups excluding carboxylic acids is 1. The molecule has 0 atom stereocenters. The minimum Gasteiger partial charge on any atom is -0.376 e. The lowest BCUT2D eigenvalue weighted by atomic mass is 10.2. The molecule has 0 unspecified atom stereocenters. The predicted octanol–water partition coefficient (Wildman–Crippen LogP) is 4.03. The van der Waals surface area contributed by atoms with Gasteiger partial charge in [-0.05, 0) is 36.2 Å². The van der Waals surface area contributed by atoms with Gasteiger partial charge in [0.15, 0.2) is 0 Å². The summed E-state index contributed by atoms with van der Waals surface area (Å²) in [7, 11) is 0. The average molecular weight is 323 g/mol. The second-order valence-corrected chi connectivity index (χ2v) is 5.50. The first kappa shape index (κ1) is 15.7. The molecule has 0 aliphatic heterocycles. The topological polar surface area (TPSA) is 41.1 Å². The summed E-state index contributed by atoms with van der Waals surface area (Å²) < 4.78 is 0. The summed E-state index contributed by atoms with van der Waals surface area (Å²) in [5.41, 5.74) is 2.72. The number of rotatable bonds is 5. The van der Waals surface area contributed by atoms with Crippen molar-refractivity contribution in [3.63, 3.8) is 0 Å². The number of hydrogen-bond acceptors (Lipinski definition) is 2. The van der Waals surface area contributed by atoms with Crippen LogP contribution in [0.25, 0.3) is 0 Å². The van der Waals surface area contributed by atoms with E-state index >= 15 is 0 Å². The Bertz CT molecular complexity index is 644. The molecule has 0 aromatic heterocycles. The molecule has 0 spiro atoms. The minimum atomic E-state index is -0.105. The van der Waals surface area contributed by atoms with Gasteiger partial charge >= 0.3 is 0 Å². The Hall–Kier alpha value is -1.71. The molecule has 3 nitrogen and oxygen atoms in total. The Kier molecular flexibility index (Phi) is 5.48. The first-order valence-electron chi connectivity index (χ1n) is 6.56. The molecule has 0 bridgehead atoms. The van der Waals surface area contributed by atoms with E-state index in [9.17, 15) is 4.79 Å². The van der Waals surface area contributed by atoms with Crippen molar-refractivity contribution in [3.05, 3.63) is 63.6 Å². The van der Waals surface area contributed by atoms with Crippen molar-refractivity contribution in [2.45, 2.75) is 13.5 Å². The van der Waals surface area contributed by atoms with Gasteiger partial charge in [-0.3, -0.25) is 4.79 Å². The zero-order chi connectivity index (χ0) is 15.2. The van der Waals surface area contributed by atoms with Crippen molar-refractivity contribution in [3.8, 4) is 0 Å². The number of aryl methyl sites for hydroxylation is 1. The Balaban J connectivity index is 1.82. The highest BCUT2D eigenvalue weighted by Crippen LogP contribution is 2.19. The zero-order valence-corrected chi connectivity index (χ0v) is 13.1. The summed E-state index contributed by atoms with van der Waals surface area (Å²) in [6, 6.07) is 13.0. The highest BCUT2D eigenvalue weighted by atomic mass is 35.5. The van der Waals surface area contributed by atoms with Crippen LogP contribution in [0.1, 0.15) is 11.1 Å². The van der Waals surface area contributed by atoms with Crippen molar-refractivity contribution in [1.82, 2.24) is 5.32 Å². The maximum atomic E-state index is 11.8. The van der Waals surface area contributed by atoms with Crippen molar-refractivity contribution >= 4 is 34.8 Å². The summed E-state index contributed by atoms with van der Waals surface area (Å²) in [6.07, 6.45) is 0. The largest absolute Gasteiger partial charge is 0.376 e. The molecule has 2 N–H and O–H groups in total. The van der Waals surface area contributed by atoms with E-state index in [1.54, 1.807) is 12.1 Å². The van der Waals surface area contributed by atoms with Crippen LogP contribution < -0.4 is 10.6 Å². The van der Waals surface area contributed by atoms with E-state index < -0.39 is 0 Å². The molecule has 0 fully saturated rings. The molecule has 5 heteroatoms. The van der Waals surface area contributed by atoms with Crippen molar-refractivity contribution in [1.29, 1.82) is 0 Å². The van der Waals surface area contributed by atoms with Gasteiger partial charge in [0, 0.05) is 22.3 Å². The van der Waals surface area contributed by atoms with E-state index in [-0.39, 0.29) is 12.5 Å². The fourth-order valence-electron chi connectivity index (χ4n) is 1.78. The molecule has 0 aliphatic rings. The molecule has 0 saturated heterocycles. The van der Waals surface area contributed by atoms with Gasteiger partial charge in [-0.25, -0.2) is 0 Å². The summed E-state index contributed by atoms with van der Waals surface area (Å²) in [6.45, 7) is 2.53. The highest BCUT2D eigenvalue weighted by molar-refractivity contribution is 6.31. The lowest BCUT2D eigenvalue weighted by Crippen LogP contribution is -2.29. The van der Waals surface area contributed by atoms with Gasteiger partial charge in [-0.15, -0.1) is 0 Å². The maximum Gasteiger partial charge on any atom is 0.239 e. The Morgan fingerprint density at radius 2 is 1.86 bits per heavy atom. The summed E-state index contributed by atoms with van der Waals surface area (Å²) >= 11 is 12.1. The monoisotopic (exact) mass is 322 g/mol. The van der Waals surface area contributed by atoms with Crippen LogP contribution in [0, 0.1) is 6.92 Å². The van der Waals surface area contributed by atoms with Crippen LogP contribution in [-0.4, -0.2) is 12.5 Å². The Morgan fingerprint density at radius 3 is 2.57 bits per heavy atom. The van der Waals surface area contributed by atoms with Gasteiger partial charge in [-0.2, -0.15) is 0 Å². The molecule has 0 saturated carbocycles. The molecule has 21 heavy (non-hydrogen) atoms. The van der Waals surface area contributed by atoms with E-state index in [1.165, 1.54) is 0 Å². The third-order valence-electron chi connectivity index (χ3n) is 3.06. The van der Waals surface area contributed by atoms with Crippen LogP contribution in [0.5, 0.6) is 0 Å². The maximum absolute atomic E-state index is 11.8. The van der Waals surface area contributed by atoms with Gasteiger partial charge in [0.1, 0.15) is 0 Å². The zero-order valence-electron chi connectivity index (χ0n) is 11.6. The summed E-state index contributed by atoms with van der Waals surface area (Å²) in [5.74, 6) is -0.105. The van der Waals surface area contributed by atoms with Gasteiger partial charge in [0.2, 0.25) is 5.91 Å². The first-order valence-corrected chi connectivity index (χ1v) is 7.32. The van der Waals surface area contributed by atoms with Gasteiger partial charge in [0.25, 0.3) is 0 Å². The molecule has 0 radical (unpaired) electrons. The normalized spacial score (nSPS) is 10.2. The van der Waals surface area contributed by atoms with Crippen LogP contribution in [0.4, 0.5) is 5.69 Å². The van der Waals surface area contributed by atoms with Gasteiger partial charge in [0.05, 0.1) is 6.54 Å². The molecule has 1 amide bonds. The number of amides is 1. The molecule has 110 valence electrons. The number of nitrogens with one attached hydrogen (secondary N) is 2. The van der Waals surface area contributed by atoms with Crippen LogP contribution >= 0.6 is 23.2 Å². The van der Waals surface area contributed by atoms with E-state index in [2.05, 4.69) is 10.6 Å². The van der Waals surface area contributed by atoms with Gasteiger partial charge < -0.3 is 10.6 Å². The number of carbonyl (C=O) groups is 1. The van der Waals surface area contributed by atoms with E-state index in [1.807, 2.05) is 37.3 Å². The smallest absolute Gasteiger partial charge is 0.239 e. The number of hydrogen-bond donors (Lipinski definition) is 2. The van der Waals surface area contributed by atoms with Crippen LogP contribution in [0.3, 0.4) is 0 Å². The first-order chi connectivity index (χ1) is 10.1. The molecule has 2 rings (SSSR count). The minimum absolute atomic E-state index is 0.105. The quantitative estimate of drug-likeness (QED) is 0.872. The second-order valence-electron chi connectivity index (χ2n) is 4.69. The summed E-state index contributed by atoms with van der Waals surface area (Å²) in [4.78, 5) is 11.8. The number of anilines is 1. The number of halogens is 2. The average Bonchev–Trinajstić information content (AvgIpc) is 2.47. The van der Waals surface area contributed by atoms with E-state index in [0.29, 0.717) is 16.6 Å². The van der Waals surface area contributed by atoms with Crippen LogP contribution in [0.2, 0.25) is 10.0 Å².